The zero-order valence-corrected chi connectivity index (χ0v) is 12.6. The van der Waals surface area contributed by atoms with Crippen LogP contribution >= 0.6 is 0 Å². The van der Waals surface area contributed by atoms with Gasteiger partial charge >= 0.3 is 5.97 Å². The van der Waals surface area contributed by atoms with Crippen LogP contribution in [0.15, 0.2) is 24.3 Å². The first-order chi connectivity index (χ1) is 10.3. The molecule has 1 unspecified atom stereocenters. The van der Waals surface area contributed by atoms with Gasteiger partial charge in [-0.2, -0.15) is 0 Å². The molecule has 1 N–H and O–H groups in total. The number of carbonyl (C=O) groups is 1. The zero-order valence-electron chi connectivity index (χ0n) is 12.6. The Labute approximate surface area is 127 Å². The van der Waals surface area contributed by atoms with Gasteiger partial charge in [-0.3, -0.25) is 9.69 Å². The maximum Gasteiger partial charge on any atom is 0.325 e. The summed E-state index contributed by atoms with van der Waals surface area (Å²) in [6.07, 6.45) is 8.84. The molecule has 1 aliphatic carbocycles. The second-order valence-corrected chi connectivity index (χ2v) is 6.54. The average Bonchev–Trinajstić information content (AvgIpc) is 2.75. The summed E-state index contributed by atoms with van der Waals surface area (Å²) in [5.74, 6) is -0.0182. The molecule has 1 aromatic carbocycles. The number of aliphatic carboxylic acids is 1. The van der Waals surface area contributed by atoms with E-state index in [0.29, 0.717) is 5.92 Å². The van der Waals surface area contributed by atoms with Crippen molar-refractivity contribution in [2.45, 2.75) is 51.0 Å². The van der Waals surface area contributed by atoms with Gasteiger partial charge in [-0.1, -0.05) is 49.9 Å². The lowest BCUT2D eigenvalue weighted by molar-refractivity contribution is -0.144. The Hall–Kier alpha value is -1.35. The highest BCUT2D eigenvalue weighted by molar-refractivity contribution is 5.76. The van der Waals surface area contributed by atoms with E-state index in [9.17, 15) is 9.90 Å². The molecule has 0 spiro atoms. The van der Waals surface area contributed by atoms with Crippen LogP contribution in [-0.4, -0.2) is 29.1 Å². The summed E-state index contributed by atoms with van der Waals surface area (Å²) in [5.41, 5.74) is 2.21. The number of carboxylic acids is 1. The minimum atomic E-state index is -0.698. The number of fused-ring (bicyclic) bond motifs is 1. The number of hydrogen-bond acceptors (Lipinski definition) is 2. The maximum absolute atomic E-state index is 11.8. The van der Waals surface area contributed by atoms with Gasteiger partial charge in [0.2, 0.25) is 0 Å². The van der Waals surface area contributed by atoms with Crippen molar-refractivity contribution in [2.24, 2.45) is 5.92 Å². The number of hydrogen-bond donors (Lipinski definition) is 1. The molecule has 114 valence electrons. The van der Waals surface area contributed by atoms with E-state index in [-0.39, 0.29) is 0 Å². The molecule has 3 nitrogen and oxygen atoms in total. The average molecular weight is 287 g/mol. The van der Waals surface area contributed by atoms with E-state index in [1.165, 1.54) is 44.1 Å². The molecule has 3 heteroatoms. The standard InChI is InChI=1S/C18H25NO2/c20-18(21)17-16-10-6-5-9-15(16)11-12-19(17)13-14-7-3-1-2-4-8-14/h5-6,9-10,14,17H,1-4,7-8,11-13H2,(H,20,21). The van der Waals surface area contributed by atoms with Gasteiger partial charge in [0.15, 0.2) is 0 Å². The number of nitrogens with zero attached hydrogens (tertiary/aromatic N) is 1. The summed E-state index contributed by atoms with van der Waals surface area (Å²) in [6.45, 7) is 1.83. The van der Waals surface area contributed by atoms with Crippen molar-refractivity contribution >= 4 is 5.97 Å². The first-order valence-corrected chi connectivity index (χ1v) is 8.30. The fourth-order valence-corrected chi connectivity index (χ4v) is 3.98. The lowest BCUT2D eigenvalue weighted by Gasteiger charge is -2.36. The summed E-state index contributed by atoms with van der Waals surface area (Å²) in [5, 5.41) is 9.70. The van der Waals surface area contributed by atoms with Crippen LogP contribution in [0, 0.1) is 5.92 Å². The first kappa shape index (κ1) is 14.6. The molecule has 0 saturated heterocycles. The van der Waals surface area contributed by atoms with Crippen molar-refractivity contribution in [3.8, 4) is 0 Å². The van der Waals surface area contributed by atoms with Gasteiger partial charge in [-0.15, -0.1) is 0 Å². The number of carboxylic acid groups (broad SMARTS) is 1. The van der Waals surface area contributed by atoms with Crippen LogP contribution < -0.4 is 0 Å². The van der Waals surface area contributed by atoms with Crippen molar-refractivity contribution in [1.82, 2.24) is 4.90 Å². The molecular weight excluding hydrogens is 262 g/mol. The summed E-state index contributed by atoms with van der Waals surface area (Å²) in [6, 6.07) is 7.60. The maximum atomic E-state index is 11.8. The number of rotatable bonds is 3. The van der Waals surface area contributed by atoms with E-state index in [1.807, 2.05) is 18.2 Å². The smallest absolute Gasteiger partial charge is 0.325 e. The van der Waals surface area contributed by atoms with Crippen LogP contribution in [0.1, 0.15) is 55.7 Å². The third kappa shape index (κ3) is 3.29. The molecule has 1 heterocycles. The number of benzene rings is 1. The van der Waals surface area contributed by atoms with Gasteiger partial charge in [0.05, 0.1) is 0 Å². The molecule has 1 fully saturated rings. The van der Waals surface area contributed by atoms with Gasteiger partial charge in [0.1, 0.15) is 6.04 Å². The van der Waals surface area contributed by atoms with Crippen LogP contribution in [0.2, 0.25) is 0 Å². The molecule has 0 aromatic heterocycles. The lowest BCUT2D eigenvalue weighted by Crippen LogP contribution is -2.42. The lowest BCUT2D eigenvalue weighted by atomic mass is 9.90. The normalized spacial score (nSPS) is 24.3. The molecule has 2 aliphatic rings. The minimum absolute atomic E-state index is 0.446. The monoisotopic (exact) mass is 287 g/mol. The molecule has 1 aromatic rings. The Bertz CT molecular complexity index is 492. The molecule has 1 saturated carbocycles. The molecule has 0 radical (unpaired) electrons. The fourth-order valence-electron chi connectivity index (χ4n) is 3.98. The second kappa shape index (κ2) is 6.61. The summed E-state index contributed by atoms with van der Waals surface area (Å²) >= 11 is 0. The van der Waals surface area contributed by atoms with Crippen LogP contribution in [0.5, 0.6) is 0 Å². The topological polar surface area (TPSA) is 40.5 Å². The Balaban J connectivity index is 1.77. The third-order valence-electron chi connectivity index (χ3n) is 5.08. The highest BCUT2D eigenvalue weighted by Gasteiger charge is 2.33. The predicted molar refractivity (Wildman–Crippen MR) is 83.3 cm³/mol. The molecule has 0 amide bonds. The first-order valence-electron chi connectivity index (χ1n) is 8.30. The summed E-state index contributed by atoms with van der Waals surface area (Å²) < 4.78 is 0. The van der Waals surface area contributed by atoms with E-state index >= 15 is 0 Å². The van der Waals surface area contributed by atoms with Crippen molar-refractivity contribution in [2.75, 3.05) is 13.1 Å². The van der Waals surface area contributed by atoms with Crippen LogP contribution in [0.4, 0.5) is 0 Å². The molecule has 1 aliphatic heterocycles. The fraction of sp³-hybridized carbons (Fsp3) is 0.611. The minimum Gasteiger partial charge on any atom is -0.480 e. The largest absolute Gasteiger partial charge is 0.480 e. The quantitative estimate of drug-likeness (QED) is 0.863. The van der Waals surface area contributed by atoms with Gasteiger partial charge in [0, 0.05) is 13.1 Å². The van der Waals surface area contributed by atoms with Crippen LogP contribution in [-0.2, 0) is 11.2 Å². The molecule has 3 rings (SSSR count). The Kier molecular flexibility index (Phi) is 4.59. The Morgan fingerprint density at radius 2 is 1.86 bits per heavy atom. The highest BCUT2D eigenvalue weighted by atomic mass is 16.4. The SMILES string of the molecule is O=C(O)C1c2ccccc2CCN1CC1CCCCCC1. The van der Waals surface area contributed by atoms with Crippen molar-refractivity contribution in [3.05, 3.63) is 35.4 Å². The second-order valence-electron chi connectivity index (χ2n) is 6.54. The van der Waals surface area contributed by atoms with Crippen LogP contribution in [0.3, 0.4) is 0 Å². The van der Waals surface area contributed by atoms with Crippen molar-refractivity contribution < 1.29 is 9.90 Å². The van der Waals surface area contributed by atoms with Gasteiger partial charge in [-0.25, -0.2) is 0 Å². The van der Waals surface area contributed by atoms with Crippen molar-refractivity contribution in [3.63, 3.8) is 0 Å². The Morgan fingerprint density at radius 1 is 1.14 bits per heavy atom. The molecule has 0 bridgehead atoms. The van der Waals surface area contributed by atoms with E-state index in [4.69, 9.17) is 0 Å². The van der Waals surface area contributed by atoms with Gasteiger partial charge in [0.25, 0.3) is 0 Å². The summed E-state index contributed by atoms with van der Waals surface area (Å²) in [7, 11) is 0. The third-order valence-corrected chi connectivity index (χ3v) is 5.08. The van der Waals surface area contributed by atoms with E-state index in [0.717, 1.165) is 25.1 Å². The van der Waals surface area contributed by atoms with E-state index < -0.39 is 12.0 Å². The molecular formula is C18H25NO2. The summed E-state index contributed by atoms with van der Waals surface area (Å²) in [4.78, 5) is 14.0. The van der Waals surface area contributed by atoms with Crippen molar-refractivity contribution in [1.29, 1.82) is 0 Å². The van der Waals surface area contributed by atoms with Gasteiger partial charge < -0.3 is 5.11 Å². The zero-order chi connectivity index (χ0) is 14.7. The molecule has 21 heavy (non-hydrogen) atoms. The molecule has 1 atom stereocenters. The van der Waals surface area contributed by atoms with Gasteiger partial charge in [-0.05, 0) is 36.3 Å². The predicted octanol–water partition coefficient (Wildman–Crippen LogP) is 3.64. The van der Waals surface area contributed by atoms with E-state index in [1.54, 1.807) is 0 Å². The Morgan fingerprint density at radius 3 is 2.57 bits per heavy atom. The highest BCUT2D eigenvalue weighted by Crippen LogP contribution is 2.32. The van der Waals surface area contributed by atoms with E-state index in [2.05, 4.69) is 11.0 Å². The van der Waals surface area contributed by atoms with Crippen LogP contribution in [0.25, 0.3) is 0 Å².